The van der Waals surface area contributed by atoms with E-state index in [1.807, 2.05) is 19.2 Å². The Hall–Kier alpha value is -0.970. The van der Waals surface area contributed by atoms with Crippen molar-refractivity contribution in [1.82, 2.24) is 10.4 Å². The van der Waals surface area contributed by atoms with Crippen molar-refractivity contribution < 1.29 is 4.74 Å². The number of aryl methyl sites for hydroxylation is 1. The molecule has 4 heteroatoms. The standard InChI is InChI=1S/C12H21N3O/c1-9-4-6-11(8-14-9)12(15-13)7-5-10(2)16-3/h4,6,8,10,12,15H,5,7,13H2,1-3H3. The van der Waals surface area contributed by atoms with Gasteiger partial charge in [-0.3, -0.25) is 16.3 Å². The largest absolute Gasteiger partial charge is 0.382 e. The van der Waals surface area contributed by atoms with E-state index in [-0.39, 0.29) is 12.1 Å². The van der Waals surface area contributed by atoms with Crippen LogP contribution in [0.1, 0.15) is 37.1 Å². The number of nitrogens with one attached hydrogen (secondary N) is 1. The van der Waals surface area contributed by atoms with E-state index >= 15 is 0 Å². The molecule has 0 aliphatic rings. The minimum Gasteiger partial charge on any atom is -0.382 e. The maximum atomic E-state index is 5.55. The van der Waals surface area contributed by atoms with Crippen LogP contribution in [0.3, 0.4) is 0 Å². The molecule has 0 aromatic carbocycles. The van der Waals surface area contributed by atoms with Crippen molar-refractivity contribution in [2.45, 2.75) is 38.8 Å². The minimum absolute atomic E-state index is 0.144. The zero-order chi connectivity index (χ0) is 12.0. The smallest absolute Gasteiger partial charge is 0.0543 e. The Balaban J connectivity index is 2.57. The van der Waals surface area contributed by atoms with Crippen LogP contribution in [-0.2, 0) is 4.74 Å². The fourth-order valence-corrected chi connectivity index (χ4v) is 1.55. The highest BCUT2D eigenvalue weighted by atomic mass is 16.5. The molecule has 1 aromatic rings. The Labute approximate surface area is 97.2 Å². The molecule has 2 atom stereocenters. The maximum Gasteiger partial charge on any atom is 0.0543 e. The summed E-state index contributed by atoms with van der Waals surface area (Å²) in [6.45, 7) is 4.03. The highest BCUT2D eigenvalue weighted by Gasteiger charge is 2.11. The lowest BCUT2D eigenvalue weighted by molar-refractivity contribution is 0.106. The van der Waals surface area contributed by atoms with Gasteiger partial charge < -0.3 is 4.74 Å². The van der Waals surface area contributed by atoms with Crippen molar-refractivity contribution in [3.63, 3.8) is 0 Å². The number of pyridine rings is 1. The summed E-state index contributed by atoms with van der Waals surface area (Å²) in [6.07, 6.45) is 4.04. The molecule has 90 valence electrons. The molecule has 2 unspecified atom stereocenters. The molecule has 0 aliphatic carbocycles. The average Bonchev–Trinajstić information content (AvgIpc) is 2.31. The van der Waals surface area contributed by atoms with Crippen molar-refractivity contribution in [3.8, 4) is 0 Å². The molecule has 1 rings (SSSR count). The van der Waals surface area contributed by atoms with Crippen LogP contribution >= 0.6 is 0 Å². The van der Waals surface area contributed by atoms with Crippen LogP contribution in [0.5, 0.6) is 0 Å². The van der Waals surface area contributed by atoms with E-state index in [1.54, 1.807) is 7.11 Å². The summed E-state index contributed by atoms with van der Waals surface area (Å²) in [6, 6.07) is 4.20. The topological polar surface area (TPSA) is 60.2 Å². The molecule has 0 saturated carbocycles. The van der Waals surface area contributed by atoms with E-state index < -0.39 is 0 Å². The predicted molar refractivity (Wildman–Crippen MR) is 64.7 cm³/mol. The lowest BCUT2D eigenvalue weighted by Gasteiger charge is -2.18. The molecule has 1 heterocycles. The van der Waals surface area contributed by atoms with Gasteiger partial charge in [0.2, 0.25) is 0 Å². The number of hydrazine groups is 1. The minimum atomic E-state index is 0.144. The third kappa shape index (κ3) is 3.89. The van der Waals surface area contributed by atoms with Crippen LogP contribution in [-0.4, -0.2) is 18.2 Å². The molecular formula is C12H21N3O. The number of aromatic nitrogens is 1. The lowest BCUT2D eigenvalue weighted by atomic mass is 10.0. The van der Waals surface area contributed by atoms with Crippen LogP contribution in [0.2, 0.25) is 0 Å². The molecule has 1 aromatic heterocycles. The lowest BCUT2D eigenvalue weighted by Crippen LogP contribution is -2.28. The molecule has 0 saturated heterocycles. The van der Waals surface area contributed by atoms with E-state index in [4.69, 9.17) is 10.6 Å². The molecule has 0 spiro atoms. The first-order valence-electron chi connectivity index (χ1n) is 5.58. The van der Waals surface area contributed by atoms with Gasteiger partial charge in [0, 0.05) is 25.0 Å². The van der Waals surface area contributed by atoms with Gasteiger partial charge in [-0.15, -0.1) is 0 Å². The Bertz CT molecular complexity index is 300. The molecule has 0 aliphatic heterocycles. The molecular weight excluding hydrogens is 202 g/mol. The average molecular weight is 223 g/mol. The summed E-state index contributed by atoms with van der Waals surface area (Å²) in [5.41, 5.74) is 4.96. The van der Waals surface area contributed by atoms with Gasteiger partial charge in [-0.05, 0) is 38.3 Å². The Morgan fingerprint density at radius 2 is 2.19 bits per heavy atom. The van der Waals surface area contributed by atoms with Crippen LogP contribution < -0.4 is 11.3 Å². The molecule has 0 bridgehead atoms. The predicted octanol–water partition coefficient (Wildman–Crippen LogP) is 1.71. The molecule has 0 fully saturated rings. The second kappa shape index (κ2) is 6.58. The number of nitrogens with zero attached hydrogens (tertiary/aromatic N) is 1. The van der Waals surface area contributed by atoms with Gasteiger partial charge >= 0.3 is 0 Å². The van der Waals surface area contributed by atoms with Crippen molar-refractivity contribution in [3.05, 3.63) is 29.6 Å². The third-order valence-corrected chi connectivity index (χ3v) is 2.80. The Kier molecular flexibility index (Phi) is 5.38. The number of nitrogens with two attached hydrogens (primary N) is 1. The first kappa shape index (κ1) is 13.1. The Morgan fingerprint density at radius 3 is 2.69 bits per heavy atom. The number of hydrogen-bond donors (Lipinski definition) is 2. The fourth-order valence-electron chi connectivity index (χ4n) is 1.55. The maximum absolute atomic E-state index is 5.55. The van der Waals surface area contributed by atoms with E-state index in [1.165, 1.54) is 0 Å². The second-order valence-corrected chi connectivity index (χ2v) is 4.08. The van der Waals surface area contributed by atoms with Crippen LogP contribution in [0, 0.1) is 6.92 Å². The third-order valence-electron chi connectivity index (χ3n) is 2.80. The summed E-state index contributed by atoms with van der Waals surface area (Å²) < 4.78 is 5.22. The van der Waals surface area contributed by atoms with Crippen LogP contribution in [0.4, 0.5) is 0 Å². The van der Waals surface area contributed by atoms with Gasteiger partial charge in [-0.2, -0.15) is 0 Å². The first-order valence-corrected chi connectivity index (χ1v) is 5.58. The van der Waals surface area contributed by atoms with Gasteiger partial charge in [-0.25, -0.2) is 0 Å². The molecule has 0 amide bonds. The summed E-state index contributed by atoms with van der Waals surface area (Å²) in [4.78, 5) is 4.27. The number of methoxy groups -OCH3 is 1. The van der Waals surface area contributed by atoms with Crippen molar-refractivity contribution in [2.24, 2.45) is 5.84 Å². The van der Waals surface area contributed by atoms with Gasteiger partial charge in [0.1, 0.15) is 0 Å². The van der Waals surface area contributed by atoms with Gasteiger partial charge in [-0.1, -0.05) is 6.07 Å². The van der Waals surface area contributed by atoms with Gasteiger partial charge in [0.15, 0.2) is 0 Å². The molecule has 3 N–H and O–H groups in total. The summed E-state index contributed by atoms with van der Waals surface area (Å²) in [5, 5.41) is 0. The highest BCUT2D eigenvalue weighted by Crippen LogP contribution is 2.18. The van der Waals surface area contributed by atoms with E-state index in [0.29, 0.717) is 0 Å². The molecule has 0 radical (unpaired) electrons. The summed E-state index contributed by atoms with van der Waals surface area (Å²) in [7, 11) is 1.73. The number of ether oxygens (including phenoxy) is 1. The number of hydrogen-bond acceptors (Lipinski definition) is 4. The van der Waals surface area contributed by atoms with Crippen LogP contribution in [0.15, 0.2) is 18.3 Å². The second-order valence-electron chi connectivity index (χ2n) is 4.08. The van der Waals surface area contributed by atoms with Crippen molar-refractivity contribution >= 4 is 0 Å². The van der Waals surface area contributed by atoms with E-state index in [2.05, 4.69) is 23.4 Å². The van der Waals surface area contributed by atoms with Crippen molar-refractivity contribution in [2.75, 3.05) is 7.11 Å². The fraction of sp³-hybridized carbons (Fsp3) is 0.583. The summed E-state index contributed by atoms with van der Waals surface area (Å²) >= 11 is 0. The monoisotopic (exact) mass is 223 g/mol. The van der Waals surface area contributed by atoms with Gasteiger partial charge in [0.25, 0.3) is 0 Å². The SMILES string of the molecule is COC(C)CCC(NN)c1ccc(C)nc1. The Morgan fingerprint density at radius 1 is 1.44 bits per heavy atom. The first-order chi connectivity index (χ1) is 7.67. The zero-order valence-electron chi connectivity index (χ0n) is 10.2. The van der Waals surface area contributed by atoms with E-state index in [0.717, 1.165) is 24.1 Å². The van der Waals surface area contributed by atoms with Crippen molar-refractivity contribution in [1.29, 1.82) is 0 Å². The number of rotatable bonds is 6. The van der Waals surface area contributed by atoms with Gasteiger partial charge in [0.05, 0.1) is 6.10 Å². The highest BCUT2D eigenvalue weighted by molar-refractivity contribution is 5.16. The summed E-state index contributed by atoms with van der Waals surface area (Å²) in [5.74, 6) is 5.55. The van der Waals surface area contributed by atoms with E-state index in [9.17, 15) is 0 Å². The van der Waals surface area contributed by atoms with Crippen LogP contribution in [0.25, 0.3) is 0 Å². The zero-order valence-corrected chi connectivity index (χ0v) is 10.2. The quantitative estimate of drug-likeness (QED) is 0.569. The molecule has 16 heavy (non-hydrogen) atoms. The normalized spacial score (nSPS) is 14.8. The molecule has 4 nitrogen and oxygen atoms in total.